The molecule has 1 saturated carbocycles. The molecule has 2 atom stereocenters. The van der Waals surface area contributed by atoms with Crippen LogP contribution in [0, 0.1) is 0 Å². The first-order chi connectivity index (χ1) is 9.04. The third kappa shape index (κ3) is 3.20. The third-order valence-corrected chi connectivity index (χ3v) is 5.08. The van der Waals surface area contributed by atoms with Crippen LogP contribution in [-0.2, 0) is 20.0 Å². The van der Waals surface area contributed by atoms with E-state index >= 15 is 0 Å². The lowest BCUT2D eigenvalue weighted by Gasteiger charge is -2.35. The molecule has 0 radical (unpaired) electrons. The summed E-state index contributed by atoms with van der Waals surface area (Å²) in [5.74, 6) is 0. The van der Waals surface area contributed by atoms with Gasteiger partial charge in [0.15, 0.2) is 0 Å². The Labute approximate surface area is 123 Å². The van der Waals surface area contributed by atoms with Gasteiger partial charge in [-0.25, -0.2) is 0 Å². The number of aliphatic hydroxyl groups excluding tert-OH is 1. The number of hydrogen-bond donors (Lipinski definition) is 1. The van der Waals surface area contributed by atoms with Crippen molar-refractivity contribution in [3.05, 3.63) is 15.9 Å². The molecule has 1 aliphatic rings. The van der Waals surface area contributed by atoms with Crippen molar-refractivity contribution < 1.29 is 5.11 Å². The van der Waals surface area contributed by atoms with E-state index in [1.54, 1.807) is 0 Å². The number of rotatable bonds is 4. The Hall–Kier alpha value is -0.390. The fourth-order valence-electron chi connectivity index (χ4n) is 2.95. The van der Waals surface area contributed by atoms with Crippen LogP contribution in [0.4, 0.5) is 0 Å². The standard InChI is InChI=1S/C14H24BrN3O/c1-4-10-14(15)12(18(3)16-10)9-17(2)11-7-5-6-8-13(11)19/h11,13,19H,4-9H2,1-3H3. The third-order valence-electron chi connectivity index (χ3n) is 4.16. The van der Waals surface area contributed by atoms with Gasteiger partial charge in [0.2, 0.25) is 0 Å². The zero-order valence-corrected chi connectivity index (χ0v) is 13.7. The number of likely N-dealkylation sites (N-methyl/N-ethyl adjacent to an activating group) is 1. The highest BCUT2D eigenvalue weighted by molar-refractivity contribution is 9.10. The molecule has 4 nitrogen and oxygen atoms in total. The van der Waals surface area contributed by atoms with Crippen molar-refractivity contribution in [2.45, 2.75) is 57.7 Å². The van der Waals surface area contributed by atoms with Crippen molar-refractivity contribution in [1.29, 1.82) is 0 Å². The average molecular weight is 330 g/mol. The van der Waals surface area contributed by atoms with Crippen LogP contribution in [0.25, 0.3) is 0 Å². The minimum atomic E-state index is -0.184. The van der Waals surface area contributed by atoms with E-state index in [9.17, 15) is 5.11 Å². The Morgan fingerprint density at radius 3 is 2.68 bits per heavy atom. The van der Waals surface area contributed by atoms with Crippen LogP contribution >= 0.6 is 15.9 Å². The smallest absolute Gasteiger partial charge is 0.0767 e. The Morgan fingerprint density at radius 2 is 2.11 bits per heavy atom. The van der Waals surface area contributed by atoms with E-state index in [4.69, 9.17) is 0 Å². The molecule has 1 N–H and O–H groups in total. The number of hydrogen-bond acceptors (Lipinski definition) is 3. The molecule has 108 valence electrons. The second-order valence-electron chi connectivity index (χ2n) is 5.52. The summed E-state index contributed by atoms with van der Waals surface area (Å²) in [5, 5.41) is 14.7. The Bertz CT molecular complexity index is 433. The summed E-state index contributed by atoms with van der Waals surface area (Å²) >= 11 is 3.66. The quantitative estimate of drug-likeness (QED) is 0.922. The highest BCUT2D eigenvalue weighted by atomic mass is 79.9. The zero-order valence-electron chi connectivity index (χ0n) is 12.1. The number of halogens is 1. The maximum absolute atomic E-state index is 10.1. The largest absolute Gasteiger partial charge is 0.391 e. The van der Waals surface area contributed by atoms with E-state index in [0.717, 1.165) is 42.4 Å². The molecule has 2 unspecified atom stereocenters. The molecule has 0 spiro atoms. The summed E-state index contributed by atoms with van der Waals surface area (Å²) in [7, 11) is 4.09. The first kappa shape index (κ1) is 15.0. The van der Waals surface area contributed by atoms with Crippen molar-refractivity contribution in [3.8, 4) is 0 Å². The second kappa shape index (κ2) is 6.37. The number of aliphatic hydroxyl groups is 1. The van der Waals surface area contributed by atoms with Crippen LogP contribution in [0.3, 0.4) is 0 Å². The predicted octanol–water partition coefficient (Wildman–Crippen LogP) is 2.48. The lowest BCUT2D eigenvalue weighted by Crippen LogP contribution is -2.43. The van der Waals surface area contributed by atoms with Gasteiger partial charge in [0.1, 0.15) is 0 Å². The highest BCUT2D eigenvalue weighted by Crippen LogP contribution is 2.27. The molecule has 2 rings (SSSR count). The summed E-state index contributed by atoms with van der Waals surface area (Å²) in [6.07, 6.45) is 5.15. The van der Waals surface area contributed by atoms with Gasteiger partial charge in [-0.15, -0.1) is 0 Å². The van der Waals surface area contributed by atoms with E-state index in [-0.39, 0.29) is 12.1 Å². The van der Waals surface area contributed by atoms with Crippen LogP contribution in [-0.4, -0.2) is 39.0 Å². The molecule has 19 heavy (non-hydrogen) atoms. The minimum absolute atomic E-state index is 0.184. The normalized spacial score (nSPS) is 24.1. The van der Waals surface area contributed by atoms with Crippen LogP contribution in [0.5, 0.6) is 0 Å². The molecule has 1 heterocycles. The molecule has 1 aromatic rings. The molecule has 0 bridgehead atoms. The van der Waals surface area contributed by atoms with E-state index < -0.39 is 0 Å². The number of aromatic nitrogens is 2. The summed E-state index contributed by atoms with van der Waals surface area (Å²) < 4.78 is 3.07. The van der Waals surface area contributed by atoms with Crippen molar-refractivity contribution in [3.63, 3.8) is 0 Å². The number of nitrogens with zero attached hydrogens (tertiary/aromatic N) is 3. The van der Waals surface area contributed by atoms with Gasteiger partial charge in [-0.2, -0.15) is 5.10 Å². The van der Waals surface area contributed by atoms with Gasteiger partial charge in [-0.1, -0.05) is 19.8 Å². The second-order valence-corrected chi connectivity index (χ2v) is 6.31. The Kier molecular flexibility index (Phi) is 5.03. The SMILES string of the molecule is CCc1nn(C)c(CN(C)C2CCCCC2O)c1Br. The number of aryl methyl sites for hydroxylation is 2. The van der Waals surface area contributed by atoms with Crippen molar-refractivity contribution >= 4 is 15.9 Å². The highest BCUT2D eigenvalue weighted by Gasteiger charge is 2.27. The summed E-state index contributed by atoms with van der Waals surface area (Å²) in [4.78, 5) is 2.27. The minimum Gasteiger partial charge on any atom is -0.391 e. The molecule has 5 heteroatoms. The van der Waals surface area contributed by atoms with Gasteiger partial charge in [-0.05, 0) is 42.2 Å². The topological polar surface area (TPSA) is 41.3 Å². The lowest BCUT2D eigenvalue weighted by molar-refractivity contribution is 0.0278. The van der Waals surface area contributed by atoms with Crippen molar-refractivity contribution in [1.82, 2.24) is 14.7 Å². The Balaban J connectivity index is 2.10. The van der Waals surface area contributed by atoms with E-state index in [2.05, 4.69) is 39.9 Å². The maximum Gasteiger partial charge on any atom is 0.0767 e. The summed E-state index contributed by atoms with van der Waals surface area (Å²) in [5.41, 5.74) is 2.30. The molecule has 0 saturated heterocycles. The summed E-state index contributed by atoms with van der Waals surface area (Å²) in [6, 6.07) is 0.278. The van der Waals surface area contributed by atoms with Crippen LogP contribution in [0.2, 0.25) is 0 Å². The van der Waals surface area contributed by atoms with Crippen LogP contribution in [0.15, 0.2) is 4.47 Å². The van der Waals surface area contributed by atoms with Gasteiger partial charge in [0.25, 0.3) is 0 Å². The van der Waals surface area contributed by atoms with E-state index in [1.807, 2.05) is 11.7 Å². The fourth-order valence-corrected chi connectivity index (χ4v) is 3.69. The molecular weight excluding hydrogens is 306 g/mol. The molecule has 1 fully saturated rings. The van der Waals surface area contributed by atoms with Crippen molar-refractivity contribution in [2.75, 3.05) is 7.05 Å². The molecule has 0 aliphatic heterocycles. The van der Waals surface area contributed by atoms with Gasteiger partial charge < -0.3 is 5.11 Å². The van der Waals surface area contributed by atoms with Gasteiger partial charge in [-0.3, -0.25) is 9.58 Å². The van der Waals surface area contributed by atoms with Gasteiger partial charge in [0, 0.05) is 19.6 Å². The fraction of sp³-hybridized carbons (Fsp3) is 0.786. The first-order valence-electron chi connectivity index (χ1n) is 7.13. The van der Waals surface area contributed by atoms with E-state index in [1.165, 1.54) is 12.1 Å². The lowest BCUT2D eigenvalue weighted by atomic mass is 9.91. The molecule has 1 aromatic heterocycles. The summed E-state index contributed by atoms with van der Waals surface area (Å²) in [6.45, 7) is 2.94. The first-order valence-corrected chi connectivity index (χ1v) is 7.92. The molecule has 1 aliphatic carbocycles. The van der Waals surface area contributed by atoms with Crippen LogP contribution in [0.1, 0.15) is 44.0 Å². The van der Waals surface area contributed by atoms with Gasteiger partial charge in [0.05, 0.1) is 22.0 Å². The molecule has 0 amide bonds. The average Bonchev–Trinajstić information content (AvgIpc) is 2.66. The Morgan fingerprint density at radius 1 is 1.42 bits per heavy atom. The van der Waals surface area contributed by atoms with E-state index in [0.29, 0.717) is 0 Å². The maximum atomic E-state index is 10.1. The van der Waals surface area contributed by atoms with Gasteiger partial charge >= 0.3 is 0 Å². The predicted molar refractivity (Wildman–Crippen MR) is 80.0 cm³/mol. The molecular formula is C14H24BrN3O. The van der Waals surface area contributed by atoms with Crippen LogP contribution < -0.4 is 0 Å². The van der Waals surface area contributed by atoms with Crippen molar-refractivity contribution in [2.24, 2.45) is 7.05 Å². The monoisotopic (exact) mass is 329 g/mol. The molecule has 0 aromatic carbocycles. The zero-order chi connectivity index (χ0) is 14.0.